The molecule has 2 aromatic rings. The molecule has 0 unspecified atom stereocenters. The summed E-state index contributed by atoms with van der Waals surface area (Å²) < 4.78 is 27.0. The van der Waals surface area contributed by atoms with Crippen LogP contribution in [0.3, 0.4) is 0 Å². The second-order valence-corrected chi connectivity index (χ2v) is 8.47. The van der Waals surface area contributed by atoms with Gasteiger partial charge in [-0.05, 0) is 35.7 Å². The van der Waals surface area contributed by atoms with E-state index in [1.54, 1.807) is 23.6 Å². The Morgan fingerprint density at radius 3 is 2.44 bits per heavy atom. The van der Waals surface area contributed by atoms with Gasteiger partial charge in [0.1, 0.15) is 4.21 Å². The number of nitrogens with one attached hydrogen (secondary N) is 3. The minimum absolute atomic E-state index is 0.00477. The van der Waals surface area contributed by atoms with Crippen LogP contribution < -0.4 is 15.4 Å². The molecule has 0 atom stereocenters. The number of amides is 4. The monoisotopic (exact) mass is 408 g/mol. The molecular formula is C16H16N4O5S2. The molecule has 9 nitrogen and oxygen atoms in total. The average Bonchev–Trinajstić information content (AvgIpc) is 3.26. The molecule has 11 heteroatoms. The Labute approximate surface area is 159 Å². The summed E-state index contributed by atoms with van der Waals surface area (Å²) >= 11 is 1.11. The highest BCUT2D eigenvalue weighted by Gasteiger charge is 2.28. The lowest BCUT2D eigenvalue weighted by molar-refractivity contribution is -0.125. The van der Waals surface area contributed by atoms with Crippen LogP contribution in [-0.2, 0) is 19.6 Å². The van der Waals surface area contributed by atoms with Crippen molar-refractivity contribution >= 4 is 50.6 Å². The zero-order chi connectivity index (χ0) is 19.4. The highest BCUT2D eigenvalue weighted by Crippen LogP contribution is 2.21. The summed E-state index contributed by atoms with van der Waals surface area (Å²) in [6.07, 6.45) is -0.0358. The van der Waals surface area contributed by atoms with Gasteiger partial charge < -0.3 is 10.6 Å². The Hall–Kier alpha value is -2.92. The largest absolute Gasteiger partial charge is 0.329 e. The number of benzene rings is 1. The van der Waals surface area contributed by atoms with E-state index in [1.807, 2.05) is 0 Å². The Bertz CT molecular complexity index is 939. The third-order valence-electron chi connectivity index (χ3n) is 3.68. The first-order valence-corrected chi connectivity index (χ1v) is 10.3. The number of sulfonamides is 1. The number of thiophene rings is 1. The normalized spacial score (nSPS) is 14.1. The van der Waals surface area contributed by atoms with Gasteiger partial charge in [0, 0.05) is 24.3 Å². The molecule has 1 saturated heterocycles. The maximum atomic E-state index is 12.2. The Morgan fingerprint density at radius 1 is 1.15 bits per heavy atom. The van der Waals surface area contributed by atoms with E-state index in [2.05, 4.69) is 15.4 Å². The van der Waals surface area contributed by atoms with Crippen molar-refractivity contribution in [3.8, 4) is 0 Å². The predicted molar refractivity (Wildman–Crippen MR) is 99.9 cm³/mol. The van der Waals surface area contributed by atoms with Crippen LogP contribution in [0.4, 0.5) is 16.2 Å². The van der Waals surface area contributed by atoms with Crippen LogP contribution in [0, 0.1) is 0 Å². The van der Waals surface area contributed by atoms with Crippen LogP contribution in [-0.4, -0.2) is 44.3 Å². The number of rotatable bonds is 7. The first kappa shape index (κ1) is 18.9. The van der Waals surface area contributed by atoms with Crippen molar-refractivity contribution in [3.63, 3.8) is 0 Å². The smallest absolute Gasteiger partial charge is 0.324 e. The zero-order valence-corrected chi connectivity index (χ0v) is 15.6. The Kier molecular flexibility index (Phi) is 5.42. The van der Waals surface area contributed by atoms with Crippen molar-refractivity contribution in [2.24, 2.45) is 0 Å². The number of imide groups is 1. The van der Waals surface area contributed by atoms with E-state index in [0.29, 0.717) is 11.4 Å². The minimum atomic E-state index is -3.63. The second-order valence-electron chi connectivity index (χ2n) is 5.62. The molecule has 2 heterocycles. The van der Waals surface area contributed by atoms with E-state index in [0.717, 1.165) is 16.2 Å². The fourth-order valence-corrected chi connectivity index (χ4v) is 4.41. The lowest BCUT2D eigenvalue weighted by Gasteiger charge is -2.12. The van der Waals surface area contributed by atoms with Gasteiger partial charge >= 0.3 is 6.03 Å². The van der Waals surface area contributed by atoms with Crippen LogP contribution in [0.5, 0.6) is 0 Å². The number of hydrogen-bond acceptors (Lipinski definition) is 6. The molecule has 1 aliphatic rings. The number of nitrogens with zero attached hydrogens (tertiary/aromatic N) is 1. The molecule has 0 bridgehead atoms. The maximum Gasteiger partial charge on any atom is 0.324 e. The molecule has 1 aromatic carbocycles. The van der Waals surface area contributed by atoms with Gasteiger partial charge in [-0.25, -0.2) is 13.2 Å². The molecule has 4 amide bonds. The standard InChI is InChI=1S/C16H16N4O5S2/c21-13(7-8-20-14(22)10-17-16(20)23)18-11-3-5-12(6-4-11)19-27(24,25)15-2-1-9-26-15/h1-6,9,19H,7-8,10H2,(H,17,23)(H,18,21). The van der Waals surface area contributed by atoms with Crippen LogP contribution in [0.2, 0.25) is 0 Å². The molecule has 1 aliphatic heterocycles. The molecule has 0 saturated carbocycles. The van der Waals surface area contributed by atoms with E-state index in [9.17, 15) is 22.8 Å². The molecule has 142 valence electrons. The third-order valence-corrected chi connectivity index (χ3v) is 6.46. The average molecular weight is 408 g/mol. The summed E-state index contributed by atoms with van der Waals surface area (Å²) in [6, 6.07) is 8.81. The van der Waals surface area contributed by atoms with E-state index in [4.69, 9.17) is 0 Å². The number of anilines is 2. The number of carbonyl (C=O) groups excluding carboxylic acids is 3. The maximum absolute atomic E-state index is 12.2. The van der Waals surface area contributed by atoms with Gasteiger partial charge in [-0.1, -0.05) is 6.07 Å². The molecule has 0 radical (unpaired) electrons. The lowest BCUT2D eigenvalue weighted by Crippen LogP contribution is -2.33. The fraction of sp³-hybridized carbons (Fsp3) is 0.188. The molecule has 27 heavy (non-hydrogen) atoms. The molecular weight excluding hydrogens is 392 g/mol. The van der Waals surface area contributed by atoms with Gasteiger partial charge in [-0.3, -0.25) is 19.2 Å². The molecule has 1 aromatic heterocycles. The van der Waals surface area contributed by atoms with Crippen molar-refractivity contribution in [3.05, 3.63) is 41.8 Å². The van der Waals surface area contributed by atoms with Gasteiger partial charge in [0.25, 0.3) is 10.0 Å². The van der Waals surface area contributed by atoms with Gasteiger partial charge in [0.2, 0.25) is 11.8 Å². The first-order chi connectivity index (χ1) is 12.8. The van der Waals surface area contributed by atoms with Crippen LogP contribution in [0.25, 0.3) is 0 Å². The molecule has 0 spiro atoms. The minimum Gasteiger partial charge on any atom is -0.329 e. The molecule has 1 fully saturated rings. The van der Waals surface area contributed by atoms with Crippen molar-refractivity contribution in [1.82, 2.24) is 10.2 Å². The molecule has 3 rings (SSSR count). The van der Waals surface area contributed by atoms with Crippen molar-refractivity contribution in [2.45, 2.75) is 10.6 Å². The number of carbonyl (C=O) groups is 3. The third kappa shape index (κ3) is 4.63. The number of hydrogen-bond donors (Lipinski definition) is 3. The van der Waals surface area contributed by atoms with Crippen molar-refractivity contribution < 1.29 is 22.8 Å². The number of urea groups is 1. The second kappa shape index (κ2) is 7.76. The van der Waals surface area contributed by atoms with Crippen LogP contribution in [0.1, 0.15) is 6.42 Å². The van der Waals surface area contributed by atoms with Gasteiger partial charge in [-0.15, -0.1) is 11.3 Å². The highest BCUT2D eigenvalue weighted by molar-refractivity contribution is 7.94. The summed E-state index contributed by atoms with van der Waals surface area (Å²) in [6.45, 7) is -0.0571. The Balaban J connectivity index is 1.54. The van der Waals surface area contributed by atoms with Crippen molar-refractivity contribution in [1.29, 1.82) is 0 Å². The quantitative estimate of drug-likeness (QED) is 0.598. The van der Waals surface area contributed by atoms with E-state index in [1.165, 1.54) is 18.2 Å². The van der Waals surface area contributed by atoms with E-state index >= 15 is 0 Å². The summed E-state index contributed by atoms with van der Waals surface area (Å²) in [5.41, 5.74) is 0.831. The summed E-state index contributed by atoms with van der Waals surface area (Å²) in [4.78, 5) is 35.8. The summed E-state index contributed by atoms with van der Waals surface area (Å²) in [5.74, 6) is -0.732. The van der Waals surface area contributed by atoms with E-state index in [-0.39, 0.29) is 35.5 Å². The fourth-order valence-electron chi connectivity index (χ4n) is 2.36. The highest BCUT2D eigenvalue weighted by atomic mass is 32.2. The predicted octanol–water partition coefficient (Wildman–Crippen LogP) is 1.43. The molecule has 0 aliphatic carbocycles. The van der Waals surface area contributed by atoms with Crippen molar-refractivity contribution in [2.75, 3.05) is 23.1 Å². The SMILES string of the molecule is O=C(CCN1C(=O)CNC1=O)Nc1ccc(NS(=O)(=O)c2cccs2)cc1. The summed E-state index contributed by atoms with van der Waals surface area (Å²) in [7, 11) is -3.63. The summed E-state index contributed by atoms with van der Waals surface area (Å²) in [5, 5.41) is 6.68. The van der Waals surface area contributed by atoms with Crippen LogP contribution >= 0.6 is 11.3 Å². The van der Waals surface area contributed by atoms with Gasteiger partial charge in [-0.2, -0.15) is 0 Å². The first-order valence-electron chi connectivity index (χ1n) is 7.89. The molecule has 3 N–H and O–H groups in total. The Morgan fingerprint density at radius 2 is 1.85 bits per heavy atom. The van der Waals surface area contributed by atoms with Gasteiger partial charge in [0.05, 0.1) is 6.54 Å². The zero-order valence-electron chi connectivity index (χ0n) is 14.0. The van der Waals surface area contributed by atoms with Gasteiger partial charge in [0.15, 0.2) is 0 Å². The topological polar surface area (TPSA) is 125 Å². The lowest BCUT2D eigenvalue weighted by atomic mass is 10.2. The van der Waals surface area contributed by atoms with Crippen LogP contribution in [0.15, 0.2) is 46.0 Å². The van der Waals surface area contributed by atoms with E-state index < -0.39 is 16.1 Å².